The molecule has 0 bridgehead atoms. The van der Waals surface area contributed by atoms with Crippen molar-refractivity contribution in [3.8, 4) is 0 Å². The van der Waals surface area contributed by atoms with Gasteiger partial charge in [0.1, 0.15) is 5.78 Å². The van der Waals surface area contributed by atoms with Crippen molar-refractivity contribution in [3.05, 3.63) is 67.0 Å². The van der Waals surface area contributed by atoms with Crippen molar-refractivity contribution in [2.75, 3.05) is 0 Å². The lowest BCUT2D eigenvalue weighted by Gasteiger charge is -1.99. The molecule has 0 rings (SSSR count). The smallest absolute Gasteiger partial charge is 0.155 e. The molecule has 0 aliphatic heterocycles. The van der Waals surface area contributed by atoms with Gasteiger partial charge in [0.15, 0.2) is 17.3 Å². The topological polar surface area (TPSA) is 68.3 Å². The van der Waals surface area contributed by atoms with Crippen molar-refractivity contribution in [3.63, 3.8) is 0 Å². The molecule has 0 atom stereocenters. The first-order valence-corrected chi connectivity index (χ1v) is 12.6. The molecule has 4 nitrogen and oxygen atoms in total. The summed E-state index contributed by atoms with van der Waals surface area (Å²) in [4.78, 5) is 46.2. The summed E-state index contributed by atoms with van der Waals surface area (Å²) >= 11 is 0. The Hall–Kier alpha value is -2.84. The number of carbonyl (C=O) groups excluding carboxylic acids is 4. The Morgan fingerprint density at radius 1 is 0.559 bits per heavy atom. The molecule has 0 fully saturated rings. The van der Waals surface area contributed by atoms with Gasteiger partial charge in [-0.05, 0) is 63.0 Å². The minimum absolute atomic E-state index is 0.0709. The standard InChI is InChI=1S/C30H42O4/c1-3-4-5-8-14-21-28(32)22-16-11-7-12-17-24-30(34)26-19-18-25-29(33)23-15-10-6-9-13-20-27(2)31/h3-4,8,14,18-19,21,25-26H,1,6-7,9-13,15-17,20,22-24H2,2H3/b21-14+,25-18+,26-19+. The summed E-state index contributed by atoms with van der Waals surface area (Å²) in [5.41, 5.74) is 2.86. The Morgan fingerprint density at radius 2 is 0.941 bits per heavy atom. The molecular formula is C30H42O4. The molecular weight excluding hydrogens is 424 g/mol. The lowest BCUT2D eigenvalue weighted by atomic mass is 10.1. The van der Waals surface area contributed by atoms with Crippen LogP contribution in [0, 0.1) is 0 Å². The van der Waals surface area contributed by atoms with Crippen molar-refractivity contribution in [1.29, 1.82) is 0 Å². The van der Waals surface area contributed by atoms with Gasteiger partial charge in [-0.1, -0.05) is 69.4 Å². The monoisotopic (exact) mass is 466 g/mol. The molecule has 0 unspecified atom stereocenters. The normalized spacial score (nSPS) is 11.1. The highest BCUT2D eigenvalue weighted by molar-refractivity contribution is 5.91. The van der Waals surface area contributed by atoms with Gasteiger partial charge in [-0.3, -0.25) is 14.4 Å². The average molecular weight is 467 g/mol. The van der Waals surface area contributed by atoms with Crippen molar-refractivity contribution >= 4 is 23.1 Å². The van der Waals surface area contributed by atoms with E-state index in [0.29, 0.717) is 25.7 Å². The van der Waals surface area contributed by atoms with Crippen molar-refractivity contribution in [2.45, 2.75) is 96.8 Å². The van der Waals surface area contributed by atoms with Crippen molar-refractivity contribution in [1.82, 2.24) is 0 Å². The van der Waals surface area contributed by atoms with Crippen LogP contribution < -0.4 is 0 Å². The van der Waals surface area contributed by atoms with E-state index in [1.165, 1.54) is 12.2 Å². The SMILES string of the molecule is C=CC=C=C/C=C/C(=O)CCCCCCCC(=O)/C=C/C=C/C(=O)CCCCCCCC(C)=O. The van der Waals surface area contributed by atoms with Gasteiger partial charge in [-0.2, -0.15) is 0 Å². The van der Waals surface area contributed by atoms with Crippen molar-refractivity contribution in [2.24, 2.45) is 0 Å². The zero-order valence-corrected chi connectivity index (χ0v) is 20.9. The first-order chi connectivity index (χ1) is 16.5. The van der Waals surface area contributed by atoms with Gasteiger partial charge >= 0.3 is 0 Å². The van der Waals surface area contributed by atoms with E-state index in [9.17, 15) is 19.2 Å². The second kappa shape index (κ2) is 23.3. The number of rotatable bonds is 22. The fourth-order valence-corrected chi connectivity index (χ4v) is 3.24. The zero-order valence-electron chi connectivity index (χ0n) is 20.9. The van der Waals surface area contributed by atoms with E-state index in [0.717, 1.165) is 64.2 Å². The van der Waals surface area contributed by atoms with Gasteiger partial charge in [0, 0.05) is 25.7 Å². The summed E-state index contributed by atoms with van der Waals surface area (Å²) in [6.07, 6.45) is 26.4. The van der Waals surface area contributed by atoms with Gasteiger partial charge in [0.2, 0.25) is 0 Å². The highest BCUT2D eigenvalue weighted by Crippen LogP contribution is 2.09. The number of hydrogen-bond donors (Lipinski definition) is 0. The van der Waals surface area contributed by atoms with Crippen LogP contribution in [0.2, 0.25) is 0 Å². The zero-order chi connectivity index (χ0) is 25.3. The lowest BCUT2D eigenvalue weighted by Crippen LogP contribution is -1.94. The molecule has 0 N–H and O–H groups in total. The van der Waals surface area contributed by atoms with E-state index in [1.54, 1.807) is 49.5 Å². The maximum absolute atomic E-state index is 11.9. The predicted octanol–water partition coefficient (Wildman–Crippen LogP) is 7.31. The molecule has 0 amide bonds. The summed E-state index contributed by atoms with van der Waals surface area (Å²) in [5.74, 6) is 0.504. The van der Waals surface area contributed by atoms with Gasteiger partial charge in [-0.25, -0.2) is 0 Å². The Labute approximate surface area is 206 Å². The van der Waals surface area contributed by atoms with Gasteiger partial charge in [0.25, 0.3) is 0 Å². The molecule has 186 valence electrons. The molecule has 0 radical (unpaired) electrons. The minimum atomic E-state index is 0.0709. The summed E-state index contributed by atoms with van der Waals surface area (Å²) in [6.45, 7) is 5.16. The van der Waals surface area contributed by atoms with Crippen LogP contribution in [0.5, 0.6) is 0 Å². The largest absolute Gasteiger partial charge is 0.300 e. The lowest BCUT2D eigenvalue weighted by molar-refractivity contribution is -0.117. The fourth-order valence-electron chi connectivity index (χ4n) is 3.24. The third kappa shape index (κ3) is 23.8. The molecule has 0 heterocycles. The van der Waals surface area contributed by atoms with Crippen LogP contribution in [0.3, 0.4) is 0 Å². The van der Waals surface area contributed by atoms with E-state index in [1.807, 2.05) is 0 Å². The summed E-state index contributed by atoms with van der Waals surface area (Å²) < 4.78 is 0. The van der Waals surface area contributed by atoms with Gasteiger partial charge < -0.3 is 4.79 Å². The Bertz CT molecular complexity index is 774. The third-order valence-electron chi connectivity index (χ3n) is 5.16. The molecule has 0 saturated heterocycles. The maximum atomic E-state index is 11.9. The predicted molar refractivity (Wildman–Crippen MR) is 141 cm³/mol. The number of carbonyl (C=O) groups is 4. The van der Waals surface area contributed by atoms with Gasteiger partial charge in [-0.15, -0.1) is 5.73 Å². The summed E-state index contributed by atoms with van der Waals surface area (Å²) in [5, 5.41) is 0. The summed E-state index contributed by atoms with van der Waals surface area (Å²) in [7, 11) is 0. The van der Waals surface area contributed by atoms with E-state index in [2.05, 4.69) is 12.3 Å². The number of hydrogen-bond acceptors (Lipinski definition) is 4. The van der Waals surface area contributed by atoms with Crippen LogP contribution in [-0.4, -0.2) is 23.1 Å². The Kier molecular flexibility index (Phi) is 21.4. The third-order valence-corrected chi connectivity index (χ3v) is 5.16. The molecule has 0 aromatic heterocycles. The molecule has 34 heavy (non-hydrogen) atoms. The van der Waals surface area contributed by atoms with Crippen LogP contribution in [-0.2, 0) is 19.2 Å². The minimum Gasteiger partial charge on any atom is -0.300 e. The molecule has 0 saturated carbocycles. The second-order valence-corrected chi connectivity index (χ2v) is 8.45. The molecule has 0 aromatic rings. The summed E-state index contributed by atoms with van der Waals surface area (Å²) in [6, 6.07) is 0. The van der Waals surface area contributed by atoms with Crippen LogP contribution in [0.25, 0.3) is 0 Å². The highest BCUT2D eigenvalue weighted by atomic mass is 16.1. The number of unbranched alkanes of at least 4 members (excludes halogenated alkanes) is 8. The number of ketones is 4. The Morgan fingerprint density at radius 3 is 1.35 bits per heavy atom. The molecule has 0 aliphatic carbocycles. The molecule has 0 spiro atoms. The van der Waals surface area contributed by atoms with Crippen LogP contribution >= 0.6 is 0 Å². The van der Waals surface area contributed by atoms with E-state index >= 15 is 0 Å². The molecule has 4 heteroatoms. The van der Waals surface area contributed by atoms with Crippen LogP contribution in [0.15, 0.2) is 67.0 Å². The van der Waals surface area contributed by atoms with Crippen LogP contribution in [0.4, 0.5) is 0 Å². The second-order valence-electron chi connectivity index (χ2n) is 8.45. The molecule has 0 aliphatic rings. The Balaban J connectivity index is 3.70. The highest BCUT2D eigenvalue weighted by Gasteiger charge is 2.00. The van der Waals surface area contributed by atoms with Crippen LogP contribution in [0.1, 0.15) is 96.8 Å². The van der Waals surface area contributed by atoms with Crippen molar-refractivity contribution < 1.29 is 19.2 Å². The van der Waals surface area contributed by atoms with E-state index < -0.39 is 0 Å². The maximum Gasteiger partial charge on any atom is 0.155 e. The van der Waals surface area contributed by atoms with E-state index in [-0.39, 0.29) is 23.1 Å². The number of allylic oxidation sites excluding steroid dienone is 8. The first-order valence-electron chi connectivity index (χ1n) is 12.6. The number of Topliss-reactive ketones (excluding diaryl/α,β-unsaturated/α-hetero) is 1. The fraction of sp³-hybridized carbons (Fsp3) is 0.500. The van der Waals surface area contributed by atoms with E-state index in [4.69, 9.17) is 0 Å². The quantitative estimate of drug-likeness (QED) is 0.0726. The average Bonchev–Trinajstić information content (AvgIpc) is 2.80. The molecule has 0 aromatic carbocycles. The first kappa shape index (κ1) is 31.2. The van der Waals surface area contributed by atoms with Gasteiger partial charge in [0.05, 0.1) is 0 Å².